The number of aryl methyl sites for hydroxylation is 2. The summed E-state index contributed by atoms with van der Waals surface area (Å²) in [5.74, 6) is -1.75. The molecule has 2 aliphatic carbocycles. The summed E-state index contributed by atoms with van der Waals surface area (Å²) in [6, 6.07) is 5.53. The molecule has 7 nitrogen and oxygen atoms in total. The van der Waals surface area contributed by atoms with Gasteiger partial charge in [0.15, 0.2) is 6.61 Å². The quantitative estimate of drug-likeness (QED) is 0.331. The Bertz CT molecular complexity index is 920. The molecule has 3 amide bonds. The number of alkyl halides is 2. The van der Waals surface area contributed by atoms with Gasteiger partial charge in [-0.05, 0) is 55.4 Å². The lowest BCUT2D eigenvalue weighted by Crippen LogP contribution is -2.37. The zero-order chi connectivity index (χ0) is 22.4. The number of carbonyl (C=O) groups excluding carboxylic acids is 4. The Labute approximate surface area is 197 Å². The van der Waals surface area contributed by atoms with Crippen LogP contribution in [-0.2, 0) is 23.9 Å². The molecule has 0 aromatic heterocycles. The third kappa shape index (κ3) is 4.06. The first kappa shape index (κ1) is 22.5. The third-order valence-electron chi connectivity index (χ3n) is 6.77. The first-order valence-electron chi connectivity index (χ1n) is 10.3. The monoisotopic (exact) mass is 554 g/mol. The maximum Gasteiger partial charge on any atom is 0.308 e. The molecule has 0 unspecified atom stereocenters. The molecule has 1 aliphatic heterocycles. The summed E-state index contributed by atoms with van der Waals surface area (Å²) in [6.07, 6.45) is 0.739. The van der Waals surface area contributed by atoms with Crippen molar-refractivity contribution in [3.05, 3.63) is 29.3 Å². The number of nitrogens with one attached hydrogen (secondary N) is 1. The third-order valence-corrected chi connectivity index (χ3v) is 9.98. The molecule has 2 bridgehead atoms. The van der Waals surface area contributed by atoms with Crippen LogP contribution in [0.4, 0.5) is 5.69 Å². The number of esters is 1. The average molecular weight is 556 g/mol. The average Bonchev–Trinajstić information content (AvgIpc) is 3.33. The highest BCUT2D eigenvalue weighted by molar-refractivity contribution is 9.12. The van der Waals surface area contributed by atoms with E-state index in [0.717, 1.165) is 17.5 Å². The van der Waals surface area contributed by atoms with Crippen LogP contribution in [0, 0.1) is 37.5 Å². The van der Waals surface area contributed by atoms with Gasteiger partial charge in [-0.25, -0.2) is 0 Å². The fourth-order valence-electron chi connectivity index (χ4n) is 5.07. The van der Waals surface area contributed by atoms with Gasteiger partial charge in [-0.15, -0.1) is 0 Å². The molecule has 3 aliphatic rings. The lowest BCUT2D eigenvalue weighted by atomic mass is 9.81. The SMILES string of the molecule is Cc1ccc(NC(=O)COC(=O)CCN2C(=O)[C@@H]3[C@H]4C[C@@H]([C@H](Br)[C@H]4Br)[C@H]3C2=O)cc1C. The number of likely N-dealkylation sites (tertiary alicyclic amines) is 1. The summed E-state index contributed by atoms with van der Waals surface area (Å²) >= 11 is 7.30. The Kier molecular flexibility index (Phi) is 6.27. The van der Waals surface area contributed by atoms with E-state index in [1.165, 1.54) is 4.90 Å². The van der Waals surface area contributed by atoms with E-state index in [1.54, 1.807) is 6.07 Å². The van der Waals surface area contributed by atoms with Gasteiger partial charge >= 0.3 is 5.97 Å². The van der Waals surface area contributed by atoms with Crippen molar-refractivity contribution in [1.29, 1.82) is 0 Å². The van der Waals surface area contributed by atoms with Gasteiger partial charge < -0.3 is 10.1 Å². The van der Waals surface area contributed by atoms with Gasteiger partial charge in [0.05, 0.1) is 18.3 Å². The molecule has 0 radical (unpaired) electrons. The van der Waals surface area contributed by atoms with Gasteiger partial charge in [0.25, 0.3) is 5.91 Å². The largest absolute Gasteiger partial charge is 0.456 e. The van der Waals surface area contributed by atoms with Gasteiger partial charge in [-0.2, -0.15) is 0 Å². The smallest absolute Gasteiger partial charge is 0.308 e. The predicted molar refractivity (Wildman–Crippen MR) is 121 cm³/mol. The van der Waals surface area contributed by atoms with Crippen molar-refractivity contribution in [3.8, 4) is 0 Å². The van der Waals surface area contributed by atoms with Crippen molar-refractivity contribution >= 4 is 61.2 Å². The second-order valence-electron chi connectivity index (χ2n) is 8.59. The number of anilines is 1. The molecule has 4 rings (SSSR count). The number of nitrogens with zero attached hydrogens (tertiary/aromatic N) is 1. The van der Waals surface area contributed by atoms with Gasteiger partial charge in [0, 0.05) is 21.9 Å². The number of ether oxygens (including phenoxy) is 1. The van der Waals surface area contributed by atoms with Crippen molar-refractivity contribution in [1.82, 2.24) is 4.90 Å². The second kappa shape index (κ2) is 8.65. The molecule has 1 aromatic carbocycles. The van der Waals surface area contributed by atoms with Crippen LogP contribution < -0.4 is 5.32 Å². The number of halogens is 2. The molecule has 1 heterocycles. The van der Waals surface area contributed by atoms with Crippen molar-refractivity contribution < 1.29 is 23.9 Å². The number of hydrogen-bond donors (Lipinski definition) is 1. The van der Waals surface area contributed by atoms with E-state index in [9.17, 15) is 19.2 Å². The fraction of sp³-hybridized carbons (Fsp3) is 0.545. The summed E-state index contributed by atoms with van der Waals surface area (Å²) in [4.78, 5) is 51.3. The van der Waals surface area contributed by atoms with Crippen molar-refractivity contribution in [2.24, 2.45) is 23.7 Å². The van der Waals surface area contributed by atoms with Gasteiger partial charge in [-0.1, -0.05) is 37.9 Å². The van der Waals surface area contributed by atoms with Crippen LogP contribution in [-0.4, -0.2) is 51.4 Å². The minimum Gasteiger partial charge on any atom is -0.456 e. The van der Waals surface area contributed by atoms with Crippen LogP contribution in [0.3, 0.4) is 0 Å². The second-order valence-corrected chi connectivity index (χ2v) is 10.7. The van der Waals surface area contributed by atoms with Gasteiger partial charge in [-0.3, -0.25) is 24.1 Å². The van der Waals surface area contributed by atoms with Gasteiger partial charge in [0.1, 0.15) is 0 Å². The molecular weight excluding hydrogens is 532 g/mol. The van der Waals surface area contributed by atoms with Crippen LogP contribution in [0.25, 0.3) is 0 Å². The Balaban J connectivity index is 1.26. The lowest BCUT2D eigenvalue weighted by molar-refractivity contribution is -0.149. The molecule has 31 heavy (non-hydrogen) atoms. The Morgan fingerprint density at radius 3 is 2.26 bits per heavy atom. The molecule has 0 spiro atoms. The van der Waals surface area contributed by atoms with Gasteiger partial charge in [0.2, 0.25) is 11.8 Å². The first-order valence-corrected chi connectivity index (χ1v) is 12.2. The van der Waals surface area contributed by atoms with E-state index in [0.29, 0.717) is 5.69 Å². The number of benzene rings is 1. The normalized spacial score (nSPS) is 31.2. The molecule has 1 saturated heterocycles. The van der Waals surface area contributed by atoms with E-state index < -0.39 is 18.5 Å². The molecule has 9 heteroatoms. The number of carbonyl (C=O) groups is 4. The van der Waals surface area contributed by atoms with Crippen LogP contribution in [0.2, 0.25) is 0 Å². The highest BCUT2D eigenvalue weighted by Gasteiger charge is 2.66. The van der Waals surface area contributed by atoms with Crippen LogP contribution in [0.15, 0.2) is 18.2 Å². The topological polar surface area (TPSA) is 92.8 Å². The maximum absolute atomic E-state index is 12.8. The minimum absolute atomic E-state index is 0.0123. The summed E-state index contributed by atoms with van der Waals surface area (Å²) in [5, 5.41) is 2.68. The Hall–Kier alpha value is -1.74. The highest BCUT2D eigenvalue weighted by Crippen LogP contribution is 2.60. The summed E-state index contributed by atoms with van der Waals surface area (Å²) in [6.45, 7) is 3.50. The number of hydrogen-bond acceptors (Lipinski definition) is 5. The van der Waals surface area contributed by atoms with Crippen molar-refractivity contribution in [2.45, 2.75) is 36.3 Å². The zero-order valence-electron chi connectivity index (χ0n) is 17.3. The van der Waals surface area contributed by atoms with Crippen LogP contribution in [0.1, 0.15) is 24.0 Å². The minimum atomic E-state index is -0.618. The van der Waals surface area contributed by atoms with E-state index in [-0.39, 0.29) is 58.1 Å². The van der Waals surface area contributed by atoms with E-state index >= 15 is 0 Å². The molecular formula is C22H24Br2N2O5. The van der Waals surface area contributed by atoms with E-state index in [1.807, 2.05) is 26.0 Å². The Morgan fingerprint density at radius 1 is 1.06 bits per heavy atom. The van der Waals surface area contributed by atoms with E-state index in [4.69, 9.17) is 4.74 Å². The molecule has 6 atom stereocenters. The number of imide groups is 1. The molecule has 1 aromatic rings. The highest BCUT2D eigenvalue weighted by atomic mass is 79.9. The van der Waals surface area contributed by atoms with E-state index in [2.05, 4.69) is 37.2 Å². The first-order chi connectivity index (χ1) is 14.7. The summed E-state index contributed by atoms with van der Waals surface area (Å²) in [7, 11) is 0. The molecule has 3 fully saturated rings. The summed E-state index contributed by atoms with van der Waals surface area (Å²) < 4.78 is 5.03. The van der Waals surface area contributed by atoms with Crippen molar-refractivity contribution in [2.75, 3.05) is 18.5 Å². The zero-order valence-corrected chi connectivity index (χ0v) is 20.4. The number of fused-ring (bicyclic) bond motifs is 5. The van der Waals surface area contributed by atoms with Crippen molar-refractivity contribution in [3.63, 3.8) is 0 Å². The molecule has 2 saturated carbocycles. The lowest BCUT2D eigenvalue weighted by Gasteiger charge is -2.28. The Morgan fingerprint density at radius 2 is 1.68 bits per heavy atom. The molecule has 1 N–H and O–H groups in total. The fourth-order valence-corrected chi connectivity index (χ4v) is 6.94. The molecule has 166 valence electrons. The number of rotatable bonds is 6. The summed E-state index contributed by atoms with van der Waals surface area (Å²) in [5.41, 5.74) is 2.80. The number of amides is 3. The van der Waals surface area contributed by atoms with Crippen LogP contribution >= 0.6 is 31.9 Å². The standard InChI is InChI=1S/C22H24Br2N2O5/c1-10-3-4-12(7-11(10)2)25-15(27)9-31-16(28)5-6-26-21(29)17-13-8-14(18(17)22(26)30)20(24)19(13)23/h3-4,7,13-14,17-20H,5-6,8-9H2,1-2H3,(H,25,27)/t13-,14-,17-,18-,19+,20+/m1/s1. The maximum atomic E-state index is 12.8. The predicted octanol–water partition coefficient (Wildman–Crippen LogP) is 2.95. The van der Waals surface area contributed by atoms with Crippen LogP contribution in [0.5, 0.6) is 0 Å².